The van der Waals surface area contributed by atoms with Gasteiger partial charge in [-0.2, -0.15) is 0 Å². The molecular formula is C42H64N2O7. The average Bonchev–Trinajstić information content (AvgIpc) is 3.87. The summed E-state index contributed by atoms with van der Waals surface area (Å²) in [6.45, 7) is 14.9. The molecule has 284 valence electrons. The molecule has 0 aromatic carbocycles. The van der Waals surface area contributed by atoms with E-state index >= 15 is 0 Å². The van der Waals surface area contributed by atoms with Crippen molar-refractivity contribution in [2.45, 2.75) is 157 Å². The molecule has 0 aromatic rings. The van der Waals surface area contributed by atoms with E-state index < -0.39 is 23.7 Å². The minimum atomic E-state index is -0.642. The number of Topliss-reactive ketones (excluding diaryl/α,β-unsaturated/α-hetero) is 4. The lowest BCUT2D eigenvalue weighted by molar-refractivity contribution is -0.154. The molecule has 3 heterocycles. The molecule has 0 aromatic heterocycles. The Morgan fingerprint density at radius 1 is 0.804 bits per heavy atom. The third-order valence-electron chi connectivity index (χ3n) is 13.2. The first kappa shape index (κ1) is 39.5. The summed E-state index contributed by atoms with van der Waals surface area (Å²) in [4.78, 5) is 98.2. The van der Waals surface area contributed by atoms with Crippen molar-refractivity contribution in [1.82, 2.24) is 9.80 Å². The van der Waals surface area contributed by atoms with E-state index in [2.05, 4.69) is 13.8 Å². The molecule has 3 aliphatic heterocycles. The lowest BCUT2D eigenvalue weighted by atomic mass is 9.75. The number of piperidine rings is 2. The maximum absolute atomic E-state index is 14.5. The summed E-state index contributed by atoms with van der Waals surface area (Å²) in [7, 11) is 0. The van der Waals surface area contributed by atoms with E-state index in [0.29, 0.717) is 38.1 Å². The van der Waals surface area contributed by atoms with Gasteiger partial charge in [0.25, 0.3) is 0 Å². The highest BCUT2D eigenvalue weighted by Crippen LogP contribution is 2.65. The Labute approximate surface area is 305 Å². The molecule has 5 rings (SSSR count). The lowest BCUT2D eigenvalue weighted by Crippen LogP contribution is -2.50. The van der Waals surface area contributed by atoms with E-state index in [4.69, 9.17) is 0 Å². The van der Waals surface area contributed by atoms with Gasteiger partial charge in [-0.05, 0) is 65.6 Å². The largest absolute Gasteiger partial charge is 0.332 e. The van der Waals surface area contributed by atoms with Crippen molar-refractivity contribution in [1.29, 1.82) is 0 Å². The molecule has 0 radical (unpaired) electrons. The van der Waals surface area contributed by atoms with E-state index in [1.807, 2.05) is 34.6 Å². The first-order valence-electron chi connectivity index (χ1n) is 20.0. The zero-order valence-electron chi connectivity index (χ0n) is 32.5. The second kappa shape index (κ2) is 15.3. The number of nitrogens with zero attached hydrogens (tertiary/aromatic N) is 2. The van der Waals surface area contributed by atoms with Gasteiger partial charge in [-0.25, -0.2) is 0 Å². The van der Waals surface area contributed by atoms with Crippen LogP contribution >= 0.6 is 0 Å². The van der Waals surface area contributed by atoms with Crippen LogP contribution in [0.1, 0.15) is 151 Å². The highest BCUT2D eigenvalue weighted by atomic mass is 16.2. The van der Waals surface area contributed by atoms with Crippen molar-refractivity contribution in [3.8, 4) is 0 Å². The number of hydrogen-bond donors (Lipinski definition) is 0. The van der Waals surface area contributed by atoms with Crippen LogP contribution in [0.5, 0.6) is 0 Å². The van der Waals surface area contributed by atoms with Crippen molar-refractivity contribution in [3.05, 3.63) is 0 Å². The predicted molar refractivity (Wildman–Crippen MR) is 194 cm³/mol. The number of likely N-dealkylation sites (tertiary alicyclic amines) is 1. The minimum absolute atomic E-state index is 0.00812. The van der Waals surface area contributed by atoms with Crippen molar-refractivity contribution in [2.75, 3.05) is 13.1 Å². The van der Waals surface area contributed by atoms with Gasteiger partial charge < -0.3 is 4.90 Å². The Kier molecular flexibility index (Phi) is 11.9. The third-order valence-corrected chi connectivity index (χ3v) is 13.2. The lowest BCUT2D eigenvalue weighted by Gasteiger charge is -2.39. The monoisotopic (exact) mass is 708 g/mol. The zero-order valence-corrected chi connectivity index (χ0v) is 32.5. The fraction of sp³-hybridized carbons (Fsp3) is 0.833. The molecule has 2 saturated carbocycles. The number of carbonyl (C=O) groups is 7. The number of hydrogen-bond acceptors (Lipinski definition) is 7. The van der Waals surface area contributed by atoms with E-state index in [1.165, 1.54) is 4.90 Å². The highest BCUT2D eigenvalue weighted by Gasteiger charge is 2.69. The average molecular weight is 709 g/mol. The van der Waals surface area contributed by atoms with Crippen LogP contribution in [0.3, 0.4) is 0 Å². The van der Waals surface area contributed by atoms with Crippen molar-refractivity contribution < 1.29 is 33.6 Å². The fourth-order valence-corrected chi connectivity index (χ4v) is 9.43. The number of carbonyl (C=O) groups excluding carboxylic acids is 7. The number of rotatable bonds is 10. The van der Waals surface area contributed by atoms with Crippen LogP contribution < -0.4 is 0 Å². The van der Waals surface area contributed by atoms with Gasteiger partial charge in [-0.3, -0.25) is 38.5 Å². The van der Waals surface area contributed by atoms with Gasteiger partial charge in [-0.15, -0.1) is 0 Å². The Morgan fingerprint density at radius 3 is 1.98 bits per heavy atom. The number of fused-ring (bicyclic) bond motifs is 3. The molecule has 3 amide bonds. The summed E-state index contributed by atoms with van der Waals surface area (Å²) >= 11 is 0. The quantitative estimate of drug-likeness (QED) is 0.178. The molecule has 0 spiro atoms. The van der Waals surface area contributed by atoms with Crippen LogP contribution in [0.2, 0.25) is 0 Å². The Bertz CT molecular complexity index is 1380. The summed E-state index contributed by atoms with van der Waals surface area (Å²) in [5, 5.41) is 0. The van der Waals surface area contributed by atoms with Crippen LogP contribution in [-0.2, 0) is 33.6 Å². The van der Waals surface area contributed by atoms with E-state index in [1.54, 1.807) is 4.90 Å². The van der Waals surface area contributed by atoms with Gasteiger partial charge in [0, 0.05) is 63.5 Å². The number of amides is 3. The molecule has 0 bridgehead atoms. The fourth-order valence-electron chi connectivity index (χ4n) is 9.43. The van der Waals surface area contributed by atoms with Gasteiger partial charge >= 0.3 is 0 Å². The number of ketones is 4. The zero-order chi connectivity index (χ0) is 37.5. The van der Waals surface area contributed by atoms with Gasteiger partial charge in [0.15, 0.2) is 11.6 Å². The van der Waals surface area contributed by atoms with Crippen LogP contribution in [0, 0.1) is 51.8 Å². The summed E-state index contributed by atoms with van der Waals surface area (Å²) in [6, 6.07) is -0.642. The standard InChI is InChI=1S/C42H64N2O7/c1-40(2,3)29(24-43-34(48)22-41(4,5)23-35(43)49)21-30(45)19-28-15-13-11-9-8-10-12-14-27(38(50)33(47)18-26-16-17-26)20-32(46)37-36-31(42(36,6)7)25-44(37)39(28)51/h26-29,31,36-37H,8-25H2,1-7H3/t27-,28-,29-,31+,36+,37-/m1/s1. The van der Waals surface area contributed by atoms with Crippen LogP contribution in [0.25, 0.3) is 0 Å². The van der Waals surface area contributed by atoms with Gasteiger partial charge in [0.2, 0.25) is 23.5 Å². The van der Waals surface area contributed by atoms with Gasteiger partial charge in [0.05, 0.1) is 6.04 Å². The van der Waals surface area contributed by atoms with Crippen molar-refractivity contribution in [2.24, 2.45) is 51.8 Å². The molecule has 5 aliphatic rings. The second-order valence-electron chi connectivity index (χ2n) is 19.5. The topological polar surface area (TPSA) is 126 Å². The molecular weight excluding hydrogens is 644 g/mol. The summed E-state index contributed by atoms with van der Waals surface area (Å²) in [5.74, 6) is -2.43. The van der Waals surface area contributed by atoms with Crippen LogP contribution in [0.4, 0.5) is 0 Å². The van der Waals surface area contributed by atoms with Crippen LogP contribution in [0.15, 0.2) is 0 Å². The summed E-state index contributed by atoms with van der Waals surface area (Å²) < 4.78 is 0. The van der Waals surface area contributed by atoms with E-state index in [-0.39, 0.29) is 101 Å². The maximum Gasteiger partial charge on any atom is 0.229 e. The molecule has 0 N–H and O–H groups in total. The molecule has 2 aliphatic carbocycles. The molecule has 0 unspecified atom stereocenters. The second-order valence-corrected chi connectivity index (χ2v) is 19.5. The summed E-state index contributed by atoms with van der Waals surface area (Å²) in [5.41, 5.74) is -0.828. The Hall–Kier alpha value is -2.71. The van der Waals surface area contributed by atoms with Gasteiger partial charge in [0.1, 0.15) is 5.78 Å². The predicted octanol–water partition coefficient (Wildman–Crippen LogP) is 6.92. The van der Waals surface area contributed by atoms with Crippen molar-refractivity contribution >= 4 is 40.9 Å². The van der Waals surface area contributed by atoms with E-state index in [9.17, 15) is 33.6 Å². The molecule has 9 heteroatoms. The molecule has 51 heavy (non-hydrogen) atoms. The normalized spacial score (nSPS) is 30.9. The molecule has 5 fully saturated rings. The smallest absolute Gasteiger partial charge is 0.229 e. The van der Waals surface area contributed by atoms with Crippen LogP contribution in [-0.4, -0.2) is 69.8 Å². The number of imide groups is 1. The minimum Gasteiger partial charge on any atom is -0.332 e. The Morgan fingerprint density at radius 2 is 1.39 bits per heavy atom. The Balaban J connectivity index is 1.33. The molecule has 9 nitrogen and oxygen atoms in total. The van der Waals surface area contributed by atoms with E-state index in [0.717, 1.165) is 51.4 Å². The first-order chi connectivity index (χ1) is 23.8. The first-order valence-corrected chi connectivity index (χ1v) is 20.0. The summed E-state index contributed by atoms with van der Waals surface area (Å²) in [6.07, 6.45) is 9.56. The maximum atomic E-state index is 14.5. The van der Waals surface area contributed by atoms with Crippen molar-refractivity contribution in [3.63, 3.8) is 0 Å². The molecule has 3 saturated heterocycles. The third kappa shape index (κ3) is 9.45. The SMILES string of the molecule is CC1(C)CC(=O)N(C[C@@H](CC(=O)C[C@H]2CCCCCCCC[C@@H](C(=O)C(=O)CC3CC3)CC(=O)[C@@H]3[C@@H]4[C@H](CN3C2=O)C4(C)C)C(C)(C)C)C(=O)C1. The highest BCUT2D eigenvalue weighted by molar-refractivity contribution is 6.38. The van der Waals surface area contributed by atoms with Gasteiger partial charge in [-0.1, -0.05) is 87.0 Å². The molecule has 6 atom stereocenters.